The van der Waals surface area contributed by atoms with Crippen molar-refractivity contribution in [2.45, 2.75) is 34.1 Å². The van der Waals surface area contributed by atoms with E-state index in [4.69, 9.17) is 11.6 Å². The Balaban J connectivity index is 0.000000561. The van der Waals surface area contributed by atoms with Crippen LogP contribution in [0.5, 0.6) is 0 Å². The van der Waals surface area contributed by atoms with Crippen molar-refractivity contribution in [1.29, 1.82) is 0 Å². The van der Waals surface area contributed by atoms with Gasteiger partial charge in [-0.3, -0.25) is 0 Å². The summed E-state index contributed by atoms with van der Waals surface area (Å²) in [7, 11) is 0. The van der Waals surface area contributed by atoms with Crippen molar-refractivity contribution in [1.82, 2.24) is 0 Å². The highest BCUT2D eigenvalue weighted by Crippen LogP contribution is 2.19. The zero-order valence-electron chi connectivity index (χ0n) is 8.32. The molecule has 0 atom stereocenters. The Morgan fingerprint density at radius 2 is 1.83 bits per heavy atom. The molecule has 0 saturated heterocycles. The Bertz CT molecular complexity index is 208. The highest BCUT2D eigenvalue weighted by atomic mass is 35.5. The lowest BCUT2D eigenvalue weighted by molar-refractivity contribution is 1.11. The van der Waals surface area contributed by atoms with Crippen LogP contribution in [0.3, 0.4) is 0 Å². The first-order valence-corrected chi connectivity index (χ1v) is 4.87. The molecule has 0 bridgehead atoms. The molecule has 0 N–H and O–H groups in total. The first-order valence-electron chi connectivity index (χ1n) is 4.49. The Labute approximate surface area is 80.6 Å². The van der Waals surface area contributed by atoms with Crippen LogP contribution >= 0.6 is 11.6 Å². The smallest absolute Gasteiger partial charge is 0.0440 e. The van der Waals surface area contributed by atoms with Gasteiger partial charge in [-0.25, -0.2) is 0 Å². The summed E-state index contributed by atoms with van der Waals surface area (Å²) >= 11 is 5.93. The molecule has 1 aromatic rings. The maximum atomic E-state index is 5.93. The lowest BCUT2D eigenvalue weighted by Gasteiger charge is -2.03. The minimum absolute atomic E-state index is 0.891. The van der Waals surface area contributed by atoms with Gasteiger partial charge in [-0.1, -0.05) is 44.5 Å². The summed E-state index contributed by atoms with van der Waals surface area (Å²) in [4.78, 5) is 0. The van der Waals surface area contributed by atoms with Gasteiger partial charge in [0.1, 0.15) is 0 Å². The van der Waals surface area contributed by atoms with Crippen molar-refractivity contribution in [3.63, 3.8) is 0 Å². The zero-order valence-corrected chi connectivity index (χ0v) is 9.07. The Morgan fingerprint density at radius 1 is 1.25 bits per heavy atom. The second kappa shape index (κ2) is 6.07. The highest BCUT2D eigenvalue weighted by Gasteiger charge is 1.98. The van der Waals surface area contributed by atoms with Crippen molar-refractivity contribution in [2.24, 2.45) is 0 Å². The molecule has 0 saturated carbocycles. The summed E-state index contributed by atoms with van der Waals surface area (Å²) in [5.41, 5.74) is 2.55. The van der Waals surface area contributed by atoms with Gasteiger partial charge in [-0.2, -0.15) is 0 Å². The molecule has 0 aliphatic rings. The molecule has 0 amide bonds. The third-order valence-corrected chi connectivity index (χ3v) is 2.06. The molecular formula is C11H17Cl. The molecule has 68 valence electrons. The van der Waals surface area contributed by atoms with Gasteiger partial charge in [0.15, 0.2) is 0 Å². The Hall–Kier alpha value is -0.490. The van der Waals surface area contributed by atoms with Gasteiger partial charge in [0.25, 0.3) is 0 Å². The lowest BCUT2D eigenvalue weighted by Crippen LogP contribution is -1.85. The SMILES string of the molecule is CC.CCc1c(C)cccc1Cl. The van der Waals surface area contributed by atoms with E-state index in [-0.39, 0.29) is 0 Å². The first kappa shape index (κ1) is 11.5. The molecule has 0 radical (unpaired) electrons. The number of aryl methyl sites for hydroxylation is 1. The molecule has 12 heavy (non-hydrogen) atoms. The van der Waals surface area contributed by atoms with Crippen LogP contribution in [0.15, 0.2) is 18.2 Å². The van der Waals surface area contributed by atoms with E-state index in [9.17, 15) is 0 Å². The van der Waals surface area contributed by atoms with E-state index in [1.165, 1.54) is 11.1 Å². The number of benzene rings is 1. The summed E-state index contributed by atoms with van der Waals surface area (Å²) < 4.78 is 0. The Kier molecular flexibility index (Phi) is 5.83. The third-order valence-electron chi connectivity index (χ3n) is 1.71. The van der Waals surface area contributed by atoms with Crippen LogP contribution in [0, 0.1) is 6.92 Å². The molecule has 0 aliphatic carbocycles. The molecule has 0 nitrogen and oxygen atoms in total. The van der Waals surface area contributed by atoms with E-state index >= 15 is 0 Å². The molecule has 0 aliphatic heterocycles. The predicted octanol–water partition coefficient (Wildman–Crippen LogP) is 4.24. The lowest BCUT2D eigenvalue weighted by atomic mass is 10.1. The fourth-order valence-corrected chi connectivity index (χ4v) is 1.47. The predicted molar refractivity (Wildman–Crippen MR) is 56.9 cm³/mol. The number of hydrogen-bond donors (Lipinski definition) is 0. The highest BCUT2D eigenvalue weighted by molar-refractivity contribution is 6.31. The molecule has 0 heterocycles. The summed E-state index contributed by atoms with van der Waals surface area (Å²) in [5, 5.41) is 0.891. The molecule has 0 unspecified atom stereocenters. The topological polar surface area (TPSA) is 0 Å². The van der Waals surface area contributed by atoms with Gasteiger partial charge in [-0.15, -0.1) is 0 Å². The van der Waals surface area contributed by atoms with Gasteiger partial charge < -0.3 is 0 Å². The van der Waals surface area contributed by atoms with Crippen molar-refractivity contribution in [2.75, 3.05) is 0 Å². The maximum absolute atomic E-state index is 5.93. The van der Waals surface area contributed by atoms with Gasteiger partial charge in [0.2, 0.25) is 0 Å². The van der Waals surface area contributed by atoms with Gasteiger partial charge in [0, 0.05) is 5.02 Å². The molecule has 0 aromatic heterocycles. The fourth-order valence-electron chi connectivity index (χ4n) is 1.11. The van der Waals surface area contributed by atoms with E-state index in [0.29, 0.717) is 0 Å². The minimum Gasteiger partial charge on any atom is -0.0840 e. The van der Waals surface area contributed by atoms with E-state index in [1.807, 2.05) is 26.0 Å². The van der Waals surface area contributed by atoms with Gasteiger partial charge in [0.05, 0.1) is 0 Å². The van der Waals surface area contributed by atoms with Crippen LogP contribution in [0.2, 0.25) is 5.02 Å². The average molecular weight is 185 g/mol. The zero-order chi connectivity index (χ0) is 9.56. The van der Waals surface area contributed by atoms with Crippen molar-refractivity contribution < 1.29 is 0 Å². The van der Waals surface area contributed by atoms with Crippen LogP contribution in [-0.4, -0.2) is 0 Å². The van der Waals surface area contributed by atoms with E-state index in [2.05, 4.69) is 19.9 Å². The number of rotatable bonds is 1. The van der Waals surface area contributed by atoms with Crippen LogP contribution < -0.4 is 0 Å². The van der Waals surface area contributed by atoms with Crippen molar-refractivity contribution >= 4 is 11.6 Å². The first-order chi connectivity index (χ1) is 5.75. The summed E-state index contributed by atoms with van der Waals surface area (Å²) in [5.74, 6) is 0. The molecule has 1 heteroatoms. The van der Waals surface area contributed by atoms with E-state index in [0.717, 1.165) is 11.4 Å². The second-order valence-electron chi connectivity index (χ2n) is 2.39. The number of halogens is 1. The van der Waals surface area contributed by atoms with Gasteiger partial charge in [-0.05, 0) is 30.5 Å². The standard InChI is InChI=1S/C9H11Cl.C2H6/c1-3-8-7(2)5-4-6-9(8)10;1-2/h4-6H,3H2,1-2H3;1-2H3. The average Bonchev–Trinajstić information content (AvgIpc) is 2.08. The third kappa shape index (κ3) is 2.86. The van der Waals surface area contributed by atoms with Crippen LogP contribution in [0.1, 0.15) is 31.9 Å². The summed E-state index contributed by atoms with van der Waals surface area (Å²) in [6.07, 6.45) is 1.02. The molecular weight excluding hydrogens is 168 g/mol. The maximum Gasteiger partial charge on any atom is 0.0440 e. The van der Waals surface area contributed by atoms with Gasteiger partial charge >= 0.3 is 0 Å². The molecule has 1 aromatic carbocycles. The number of hydrogen-bond acceptors (Lipinski definition) is 0. The fraction of sp³-hybridized carbons (Fsp3) is 0.455. The summed E-state index contributed by atoms with van der Waals surface area (Å²) in [6, 6.07) is 6.01. The minimum atomic E-state index is 0.891. The second-order valence-corrected chi connectivity index (χ2v) is 2.80. The molecule has 0 spiro atoms. The largest absolute Gasteiger partial charge is 0.0840 e. The van der Waals surface area contributed by atoms with Crippen LogP contribution in [-0.2, 0) is 6.42 Å². The molecule has 0 fully saturated rings. The quantitative estimate of drug-likeness (QED) is 0.613. The van der Waals surface area contributed by atoms with E-state index in [1.54, 1.807) is 0 Å². The summed E-state index contributed by atoms with van der Waals surface area (Å²) in [6.45, 7) is 8.21. The van der Waals surface area contributed by atoms with Crippen molar-refractivity contribution in [3.05, 3.63) is 34.3 Å². The monoisotopic (exact) mass is 184 g/mol. The van der Waals surface area contributed by atoms with E-state index < -0.39 is 0 Å². The molecule has 1 rings (SSSR count). The van der Waals surface area contributed by atoms with Crippen LogP contribution in [0.4, 0.5) is 0 Å². The van der Waals surface area contributed by atoms with Crippen molar-refractivity contribution in [3.8, 4) is 0 Å². The van der Waals surface area contributed by atoms with Crippen LogP contribution in [0.25, 0.3) is 0 Å². The normalized spacial score (nSPS) is 8.75. The Morgan fingerprint density at radius 3 is 2.17 bits per heavy atom.